The number of unbranched alkanes of at least 4 members (excludes halogenated alkanes) is 11. The average Bonchev–Trinajstić information content (AvgIpc) is 2.57. The standard InChI is InChI=1S/C19H35NO3.Na.H/c1-2-3-4-5-6-7-8-9-10-11-12-13-14-15-16-17-18(21)19(22)23-20;;/h9-10H,2-8,11-17,20H2,1H3;;/q;+1;-1/b10-9-;;. The summed E-state index contributed by atoms with van der Waals surface area (Å²) >= 11 is 0. The molecule has 0 aliphatic heterocycles. The van der Waals surface area contributed by atoms with Crippen molar-refractivity contribution in [2.24, 2.45) is 5.90 Å². The number of carbonyl (C=O) groups is 2. The van der Waals surface area contributed by atoms with Gasteiger partial charge in [-0.1, -0.05) is 70.4 Å². The first-order valence-electron chi connectivity index (χ1n) is 9.31. The number of hydrogen-bond donors (Lipinski definition) is 1. The van der Waals surface area contributed by atoms with Gasteiger partial charge in [-0.3, -0.25) is 4.79 Å². The molecule has 0 unspecified atom stereocenters. The minimum Gasteiger partial charge on any atom is -1.00 e. The molecule has 0 aliphatic rings. The van der Waals surface area contributed by atoms with Gasteiger partial charge in [0.1, 0.15) is 0 Å². The van der Waals surface area contributed by atoms with Crippen molar-refractivity contribution in [2.45, 2.75) is 96.8 Å². The van der Waals surface area contributed by atoms with E-state index in [0.29, 0.717) is 0 Å². The summed E-state index contributed by atoms with van der Waals surface area (Å²) in [6, 6.07) is 0. The molecule has 0 aromatic carbocycles. The van der Waals surface area contributed by atoms with Gasteiger partial charge in [0.05, 0.1) is 0 Å². The molecule has 0 amide bonds. The molecule has 4 nitrogen and oxygen atoms in total. The van der Waals surface area contributed by atoms with Gasteiger partial charge in [-0.05, 0) is 32.1 Å². The Labute approximate surface area is 171 Å². The number of hydrogen-bond acceptors (Lipinski definition) is 4. The van der Waals surface area contributed by atoms with Crippen LogP contribution in [-0.2, 0) is 14.4 Å². The van der Waals surface area contributed by atoms with Crippen LogP contribution in [0.4, 0.5) is 0 Å². The predicted octanol–water partition coefficient (Wildman–Crippen LogP) is 2.13. The van der Waals surface area contributed by atoms with Gasteiger partial charge in [0, 0.05) is 6.42 Å². The second kappa shape index (κ2) is 20.9. The van der Waals surface area contributed by atoms with E-state index in [9.17, 15) is 9.59 Å². The van der Waals surface area contributed by atoms with E-state index in [1.165, 1.54) is 57.8 Å². The molecule has 0 aliphatic carbocycles. The molecule has 0 saturated carbocycles. The first-order chi connectivity index (χ1) is 11.2. The van der Waals surface area contributed by atoms with Crippen LogP contribution in [0.1, 0.15) is 98.2 Å². The van der Waals surface area contributed by atoms with Crippen LogP contribution in [0.15, 0.2) is 12.2 Å². The zero-order chi connectivity index (χ0) is 17.2. The Hall–Kier alpha value is -0.160. The Morgan fingerprint density at radius 2 is 1.29 bits per heavy atom. The molecule has 0 heterocycles. The summed E-state index contributed by atoms with van der Waals surface area (Å²) in [6.07, 6.45) is 20.6. The molecule has 2 N–H and O–H groups in total. The Bertz CT molecular complexity index is 339. The summed E-state index contributed by atoms with van der Waals surface area (Å²) in [4.78, 5) is 25.8. The van der Waals surface area contributed by atoms with Gasteiger partial charge in [0.15, 0.2) is 0 Å². The Balaban J connectivity index is -0.00000242. The van der Waals surface area contributed by atoms with E-state index in [0.717, 1.165) is 25.7 Å². The second-order valence-electron chi connectivity index (χ2n) is 6.16. The van der Waals surface area contributed by atoms with E-state index < -0.39 is 11.8 Å². The third kappa shape index (κ3) is 18.2. The van der Waals surface area contributed by atoms with E-state index in [1.807, 2.05) is 0 Å². The molecule has 5 heteroatoms. The van der Waals surface area contributed by atoms with Gasteiger partial charge in [-0.25, -0.2) is 4.79 Å². The van der Waals surface area contributed by atoms with Gasteiger partial charge >= 0.3 is 35.5 Å². The molecule has 0 rings (SSSR count). The first-order valence-corrected chi connectivity index (χ1v) is 9.31. The summed E-state index contributed by atoms with van der Waals surface area (Å²) < 4.78 is 0. The van der Waals surface area contributed by atoms with Crippen LogP contribution in [0.25, 0.3) is 0 Å². The van der Waals surface area contributed by atoms with Crippen LogP contribution >= 0.6 is 0 Å². The van der Waals surface area contributed by atoms with E-state index in [2.05, 4.69) is 29.8 Å². The van der Waals surface area contributed by atoms with Crippen molar-refractivity contribution in [3.8, 4) is 0 Å². The number of allylic oxidation sites excluding steroid dienone is 2. The SMILES string of the molecule is CCCCCCCC/C=C\CCCCCCCC(=O)C(=O)ON.[H-].[Na+]. The van der Waals surface area contributed by atoms with Crippen LogP contribution in [0, 0.1) is 0 Å². The number of ketones is 1. The van der Waals surface area contributed by atoms with Gasteiger partial charge in [-0.15, -0.1) is 0 Å². The van der Waals surface area contributed by atoms with Crippen molar-refractivity contribution in [1.82, 2.24) is 0 Å². The topological polar surface area (TPSA) is 69.4 Å². The summed E-state index contributed by atoms with van der Waals surface area (Å²) in [7, 11) is 0. The number of Topliss-reactive ketones (excluding diaryl/α,β-unsaturated/α-hetero) is 1. The molecule has 0 saturated heterocycles. The third-order valence-corrected chi connectivity index (χ3v) is 4.00. The number of nitrogens with two attached hydrogens (primary N) is 1. The molecule has 0 fully saturated rings. The summed E-state index contributed by atoms with van der Waals surface area (Å²) in [5.74, 6) is 3.20. The smallest absolute Gasteiger partial charge is 1.00 e. The molecule has 0 radical (unpaired) electrons. The van der Waals surface area contributed by atoms with Crippen LogP contribution in [0.3, 0.4) is 0 Å². The van der Waals surface area contributed by atoms with Crippen LogP contribution in [-0.4, -0.2) is 11.8 Å². The Morgan fingerprint density at radius 3 is 1.79 bits per heavy atom. The van der Waals surface area contributed by atoms with Crippen molar-refractivity contribution in [3.63, 3.8) is 0 Å². The van der Waals surface area contributed by atoms with Crippen molar-refractivity contribution < 1.29 is 45.4 Å². The maximum atomic E-state index is 11.1. The minimum atomic E-state index is -0.930. The maximum Gasteiger partial charge on any atom is 1.00 e. The Morgan fingerprint density at radius 1 is 0.833 bits per heavy atom. The summed E-state index contributed by atoms with van der Waals surface area (Å²) in [6.45, 7) is 2.25. The van der Waals surface area contributed by atoms with Gasteiger partial charge < -0.3 is 6.26 Å². The molecule has 0 aromatic heterocycles. The van der Waals surface area contributed by atoms with Crippen molar-refractivity contribution in [1.29, 1.82) is 0 Å². The monoisotopic (exact) mass is 349 g/mol. The van der Waals surface area contributed by atoms with Gasteiger partial charge in [0.2, 0.25) is 5.78 Å². The van der Waals surface area contributed by atoms with Crippen molar-refractivity contribution in [2.75, 3.05) is 0 Å². The van der Waals surface area contributed by atoms with Crippen LogP contribution in [0.2, 0.25) is 0 Å². The molecule has 0 atom stereocenters. The fourth-order valence-corrected chi connectivity index (χ4v) is 2.52. The minimum absolute atomic E-state index is 0. The van der Waals surface area contributed by atoms with E-state index in [-0.39, 0.29) is 37.4 Å². The van der Waals surface area contributed by atoms with Gasteiger partial charge in [-0.2, -0.15) is 5.90 Å². The molecular weight excluding hydrogens is 313 g/mol. The fourth-order valence-electron chi connectivity index (χ4n) is 2.52. The van der Waals surface area contributed by atoms with Gasteiger partial charge in [0.25, 0.3) is 0 Å². The van der Waals surface area contributed by atoms with Crippen molar-refractivity contribution >= 4 is 11.8 Å². The molecule has 0 spiro atoms. The van der Waals surface area contributed by atoms with E-state index in [4.69, 9.17) is 0 Å². The zero-order valence-corrected chi connectivity index (χ0v) is 17.9. The van der Waals surface area contributed by atoms with Crippen LogP contribution < -0.4 is 35.5 Å². The normalized spacial score (nSPS) is 10.6. The largest absolute Gasteiger partial charge is 1.00 e. The van der Waals surface area contributed by atoms with Crippen LogP contribution in [0.5, 0.6) is 0 Å². The summed E-state index contributed by atoms with van der Waals surface area (Å²) in [5.41, 5.74) is 0. The predicted molar refractivity (Wildman–Crippen MR) is 95.9 cm³/mol. The zero-order valence-electron chi connectivity index (χ0n) is 16.9. The average molecular weight is 349 g/mol. The Kier molecular flexibility index (Phi) is 22.7. The van der Waals surface area contributed by atoms with Crippen molar-refractivity contribution in [3.05, 3.63) is 12.2 Å². The second-order valence-corrected chi connectivity index (χ2v) is 6.16. The third-order valence-electron chi connectivity index (χ3n) is 4.00. The molecule has 24 heavy (non-hydrogen) atoms. The molecular formula is C19H36NNaO3. The first kappa shape index (κ1) is 26.1. The quantitative estimate of drug-likeness (QED) is 0.152. The molecule has 136 valence electrons. The van der Waals surface area contributed by atoms with E-state index in [1.54, 1.807) is 0 Å². The summed E-state index contributed by atoms with van der Waals surface area (Å²) in [5, 5.41) is 0. The fraction of sp³-hybridized carbons (Fsp3) is 0.789. The molecule has 0 bridgehead atoms. The number of rotatable bonds is 16. The molecule has 0 aromatic rings. The van der Waals surface area contributed by atoms with E-state index >= 15 is 0 Å². The number of carbonyl (C=O) groups excluding carboxylic acids is 2. The maximum absolute atomic E-state index is 11.1.